The zero-order chi connectivity index (χ0) is 42.2. The van der Waals surface area contributed by atoms with Gasteiger partial charge in [-0.15, -0.1) is 39.5 Å². The highest BCUT2D eigenvalue weighted by Crippen LogP contribution is 2.34. The second-order valence-corrected chi connectivity index (χ2v) is 32.9. The molecule has 60 heavy (non-hydrogen) atoms. The Kier molecular flexibility index (Phi) is 13.0. The third-order valence-electron chi connectivity index (χ3n) is 10.4. The second kappa shape index (κ2) is 18.2. The molecule has 0 bridgehead atoms. The molecular formula is C48H48O6Si6. The monoisotopic (exact) mass is 888 g/mol. The van der Waals surface area contributed by atoms with Gasteiger partial charge in [0, 0.05) is 0 Å². The Morgan fingerprint density at radius 3 is 0.583 bits per heavy atom. The molecule has 7 rings (SSSR count). The fourth-order valence-electron chi connectivity index (χ4n) is 7.38. The Labute approximate surface area is 360 Å². The highest BCUT2D eigenvalue weighted by atomic mass is 28.5. The van der Waals surface area contributed by atoms with Crippen molar-refractivity contribution in [2.45, 2.75) is 0 Å². The van der Waals surface area contributed by atoms with Gasteiger partial charge in [0.1, 0.15) is 0 Å². The molecule has 1 heterocycles. The molecule has 1 aliphatic heterocycles. The highest BCUT2D eigenvalue weighted by Gasteiger charge is 2.65. The fourth-order valence-corrected chi connectivity index (χ4v) is 36.4. The molecule has 0 N–H and O–H groups in total. The van der Waals surface area contributed by atoms with Gasteiger partial charge in [-0.1, -0.05) is 182 Å². The van der Waals surface area contributed by atoms with E-state index in [0.29, 0.717) is 0 Å². The smallest absolute Gasteiger partial charge is 0.390 e. The summed E-state index contributed by atoms with van der Waals surface area (Å²) in [6.45, 7) is 25.9. The van der Waals surface area contributed by atoms with Crippen LogP contribution in [0.5, 0.6) is 0 Å². The molecule has 0 aromatic heterocycles. The average molecular weight is 889 g/mol. The van der Waals surface area contributed by atoms with Gasteiger partial charge in [0.25, 0.3) is 0 Å². The summed E-state index contributed by atoms with van der Waals surface area (Å²) in [4.78, 5) is 0. The molecule has 12 heteroatoms. The van der Waals surface area contributed by atoms with Crippen LogP contribution in [0.25, 0.3) is 0 Å². The Hall–Kier alpha value is -5.18. The maximum absolute atomic E-state index is 8.40. The van der Waals surface area contributed by atoms with Gasteiger partial charge in [0.05, 0.1) is 0 Å². The quantitative estimate of drug-likeness (QED) is 0.130. The van der Waals surface area contributed by atoms with Crippen LogP contribution in [0.2, 0.25) is 0 Å². The molecule has 6 nitrogen and oxygen atoms in total. The van der Waals surface area contributed by atoms with E-state index in [1.165, 1.54) is 0 Å². The van der Waals surface area contributed by atoms with Crippen LogP contribution in [-0.2, 0) is 24.7 Å². The van der Waals surface area contributed by atoms with Crippen molar-refractivity contribution in [1.82, 2.24) is 0 Å². The molecule has 1 saturated heterocycles. The average Bonchev–Trinajstić information content (AvgIpc) is 3.33. The molecule has 1 aliphatic rings. The Morgan fingerprint density at radius 2 is 0.400 bits per heavy atom. The maximum atomic E-state index is 8.40. The van der Waals surface area contributed by atoms with Gasteiger partial charge in [-0.25, -0.2) is 0 Å². The fraction of sp³-hybridized carbons (Fsp3) is 0. The van der Waals surface area contributed by atoms with Crippen molar-refractivity contribution in [3.8, 4) is 0 Å². The van der Waals surface area contributed by atoms with Crippen LogP contribution in [0.3, 0.4) is 0 Å². The van der Waals surface area contributed by atoms with Crippen molar-refractivity contribution in [3.63, 3.8) is 0 Å². The topological polar surface area (TPSA) is 55.4 Å². The summed E-state index contributed by atoms with van der Waals surface area (Å²) in [6, 6.07) is 60.7. The molecule has 300 valence electrons. The third-order valence-corrected chi connectivity index (χ3v) is 35.0. The summed E-state index contributed by atoms with van der Waals surface area (Å²) < 4.78 is 47.3. The molecule has 0 unspecified atom stereocenters. The molecular weight excluding hydrogens is 841 g/mol. The number of rotatable bonds is 12. The first-order chi connectivity index (χ1) is 29.2. The molecule has 0 spiro atoms. The van der Waals surface area contributed by atoms with Crippen molar-refractivity contribution in [3.05, 3.63) is 256 Å². The summed E-state index contributed by atoms with van der Waals surface area (Å²) in [5.41, 5.74) is 10.2. The van der Waals surface area contributed by atoms with Crippen LogP contribution >= 0.6 is 0 Å². The molecule has 6 aromatic rings. The van der Waals surface area contributed by atoms with Gasteiger partial charge >= 0.3 is 51.4 Å². The summed E-state index contributed by atoms with van der Waals surface area (Å²) in [5.74, 6) is 0. The lowest BCUT2D eigenvalue weighted by Crippen LogP contribution is -2.83. The van der Waals surface area contributed by atoms with E-state index in [2.05, 4.69) is 112 Å². The van der Waals surface area contributed by atoms with Gasteiger partial charge < -0.3 is 24.7 Å². The van der Waals surface area contributed by atoms with Crippen LogP contribution < -0.4 is 31.1 Å². The van der Waals surface area contributed by atoms with Crippen LogP contribution in [0.4, 0.5) is 0 Å². The predicted octanol–water partition coefficient (Wildman–Crippen LogP) is 6.55. The molecule has 6 aromatic carbocycles. The first-order valence-electron chi connectivity index (χ1n) is 19.6. The summed E-state index contributed by atoms with van der Waals surface area (Å²) in [5, 5.41) is 4.97. The van der Waals surface area contributed by atoms with Crippen LogP contribution in [-0.4, -0.2) is 51.4 Å². The Morgan fingerprint density at radius 1 is 0.233 bits per heavy atom. The minimum Gasteiger partial charge on any atom is -0.403 e. The Balaban J connectivity index is 1.74. The van der Waals surface area contributed by atoms with E-state index in [0.717, 1.165) is 31.1 Å². The van der Waals surface area contributed by atoms with Gasteiger partial charge in [0.2, 0.25) is 0 Å². The van der Waals surface area contributed by atoms with E-state index in [9.17, 15) is 0 Å². The zero-order valence-electron chi connectivity index (χ0n) is 33.5. The third kappa shape index (κ3) is 8.04. The molecule has 0 radical (unpaired) electrons. The zero-order valence-corrected chi connectivity index (χ0v) is 39.5. The predicted molar refractivity (Wildman–Crippen MR) is 259 cm³/mol. The minimum atomic E-state index is -4.20. The van der Waals surface area contributed by atoms with E-state index in [4.69, 9.17) is 24.7 Å². The van der Waals surface area contributed by atoms with Gasteiger partial charge in [0.15, 0.2) is 0 Å². The van der Waals surface area contributed by atoms with E-state index in [1.807, 2.05) is 109 Å². The molecule has 0 atom stereocenters. The maximum Gasteiger partial charge on any atom is 0.390 e. The minimum absolute atomic E-state index is 0.823. The first-order valence-corrected chi connectivity index (χ1v) is 31.0. The summed E-state index contributed by atoms with van der Waals surface area (Å²) in [6.07, 6.45) is 0. The summed E-state index contributed by atoms with van der Waals surface area (Å²) >= 11 is 0. The van der Waals surface area contributed by atoms with Crippen molar-refractivity contribution < 1.29 is 24.7 Å². The summed E-state index contributed by atoms with van der Waals surface area (Å²) in [7, 11) is -24.0. The van der Waals surface area contributed by atoms with Crippen molar-refractivity contribution in [2.24, 2.45) is 0 Å². The lowest BCUT2D eigenvalue weighted by atomic mass is 10.4. The lowest BCUT2D eigenvalue weighted by Gasteiger charge is -2.51. The first kappa shape index (κ1) is 42.9. The molecule has 1 fully saturated rings. The van der Waals surface area contributed by atoms with Crippen molar-refractivity contribution in [2.75, 3.05) is 0 Å². The highest BCUT2D eigenvalue weighted by molar-refractivity contribution is 7.13. The Bertz CT molecular complexity index is 2160. The van der Waals surface area contributed by atoms with E-state index in [1.54, 1.807) is 34.2 Å². The SMILES string of the molecule is C=C[Si]1(C=C)O[Si](C=C)(C=C)O[Si](c2ccccc2)(c2ccccc2)O[Si](c2ccccc2)(c2ccccc2)O[Si](c2ccccc2)(c2ccccc2)O[Si](C=C)(C=C)O1. The van der Waals surface area contributed by atoms with Crippen molar-refractivity contribution >= 4 is 82.5 Å². The second-order valence-electron chi connectivity index (χ2n) is 14.0. The number of hydrogen-bond acceptors (Lipinski definition) is 6. The number of benzene rings is 6. The van der Waals surface area contributed by atoms with Crippen molar-refractivity contribution in [1.29, 1.82) is 0 Å². The van der Waals surface area contributed by atoms with E-state index >= 15 is 0 Å². The van der Waals surface area contributed by atoms with Crippen LogP contribution in [0, 0.1) is 0 Å². The lowest BCUT2D eigenvalue weighted by molar-refractivity contribution is 0.266. The van der Waals surface area contributed by atoms with Gasteiger partial charge in [-0.05, 0) is 65.3 Å². The van der Waals surface area contributed by atoms with Crippen LogP contribution in [0.15, 0.2) is 256 Å². The molecule has 0 saturated carbocycles. The largest absolute Gasteiger partial charge is 0.403 e. The number of hydrogen-bond donors (Lipinski definition) is 0. The normalized spacial score (nSPS) is 18.8. The van der Waals surface area contributed by atoms with Crippen LogP contribution in [0.1, 0.15) is 0 Å². The van der Waals surface area contributed by atoms with E-state index in [-0.39, 0.29) is 0 Å². The molecule has 0 amide bonds. The van der Waals surface area contributed by atoms with Gasteiger partial charge in [-0.2, -0.15) is 0 Å². The molecule has 0 aliphatic carbocycles. The van der Waals surface area contributed by atoms with E-state index < -0.39 is 51.4 Å². The van der Waals surface area contributed by atoms with Gasteiger partial charge in [-0.3, -0.25) is 0 Å². The standard InChI is InChI=1S/C48H48O6Si6/c1-7-55(8-2)49-56(9-3,10-4)51-58(43-31-19-13-20-32-43,44-33-21-14-22-34-44)53-60(47-39-27-17-28-40-47,48-41-29-18-30-42-48)54-59(45-35-23-15-24-36-45,46-37-25-16-26-38-46)52-57(11-5,12-6)50-55/h7-42H,1-6H2.